The van der Waals surface area contributed by atoms with E-state index in [0.29, 0.717) is 0 Å². The monoisotopic (exact) mass is 286 g/mol. The molecule has 2 nitrogen and oxygen atoms in total. The molecule has 0 radical (unpaired) electrons. The summed E-state index contributed by atoms with van der Waals surface area (Å²) in [7, 11) is 0. The number of nitrogens with two attached hydrogens (primary N) is 1. The maximum Gasteiger partial charge on any atom is 0.119 e. The predicted octanol–water partition coefficient (Wildman–Crippen LogP) is 3.75. The number of hydrogen-bond acceptors (Lipinski definition) is 1. The van der Waals surface area contributed by atoms with Crippen molar-refractivity contribution in [2.45, 2.75) is 39.0 Å². The zero-order valence-electron chi connectivity index (χ0n) is 13.2. The van der Waals surface area contributed by atoms with E-state index >= 15 is 0 Å². The van der Waals surface area contributed by atoms with Crippen LogP contribution in [0.1, 0.15) is 39.0 Å². The van der Waals surface area contributed by atoms with Gasteiger partial charge in [0.15, 0.2) is 0 Å². The Bertz CT molecular complexity index is 524. The van der Waals surface area contributed by atoms with Crippen molar-refractivity contribution in [2.75, 3.05) is 19.7 Å². The largest absolute Gasteiger partial charge is 0.494 e. The van der Waals surface area contributed by atoms with Gasteiger partial charge in [-0.1, -0.05) is 43.7 Å². The van der Waals surface area contributed by atoms with E-state index in [-0.39, 0.29) is 0 Å². The van der Waals surface area contributed by atoms with Crippen LogP contribution < -0.4 is 10.1 Å². The number of quaternary nitrogens is 1. The molecule has 2 rings (SSSR count). The maximum atomic E-state index is 5.85. The molecule has 0 unspecified atom stereocenters. The third-order valence-electron chi connectivity index (χ3n) is 3.80. The summed E-state index contributed by atoms with van der Waals surface area (Å²) in [6, 6.07) is 14.7. The van der Waals surface area contributed by atoms with Gasteiger partial charge in [-0.3, -0.25) is 0 Å². The first-order valence-corrected chi connectivity index (χ1v) is 8.33. The molecule has 0 fully saturated rings. The zero-order valence-corrected chi connectivity index (χ0v) is 13.2. The van der Waals surface area contributed by atoms with Gasteiger partial charge in [0.25, 0.3) is 0 Å². The molecule has 0 aliphatic carbocycles. The third kappa shape index (κ3) is 5.76. The van der Waals surface area contributed by atoms with Crippen LogP contribution in [0.4, 0.5) is 0 Å². The first kappa shape index (κ1) is 15.8. The second-order valence-electron chi connectivity index (χ2n) is 5.64. The van der Waals surface area contributed by atoms with Gasteiger partial charge in [0.2, 0.25) is 0 Å². The Labute approximate surface area is 128 Å². The smallest absolute Gasteiger partial charge is 0.119 e. The van der Waals surface area contributed by atoms with Gasteiger partial charge in [0.1, 0.15) is 5.75 Å². The Kier molecular flexibility index (Phi) is 7.10. The van der Waals surface area contributed by atoms with Crippen molar-refractivity contribution >= 4 is 10.8 Å². The second kappa shape index (κ2) is 9.41. The van der Waals surface area contributed by atoms with Crippen LogP contribution in [0.25, 0.3) is 10.8 Å². The van der Waals surface area contributed by atoms with E-state index in [1.165, 1.54) is 49.5 Å². The molecular weight excluding hydrogens is 258 g/mol. The number of hydrogen-bond donors (Lipinski definition) is 1. The van der Waals surface area contributed by atoms with Gasteiger partial charge in [-0.15, -0.1) is 0 Å². The molecule has 0 bridgehead atoms. The van der Waals surface area contributed by atoms with Gasteiger partial charge in [-0.25, -0.2) is 0 Å². The Morgan fingerprint density at radius 2 is 1.67 bits per heavy atom. The molecule has 0 saturated carbocycles. The number of ether oxygens (including phenoxy) is 1. The Hall–Kier alpha value is -1.54. The quantitative estimate of drug-likeness (QED) is 0.661. The maximum absolute atomic E-state index is 5.85. The lowest BCUT2D eigenvalue weighted by Gasteiger charge is -2.07. The lowest BCUT2D eigenvalue weighted by atomic mass is 10.1. The van der Waals surface area contributed by atoms with Crippen molar-refractivity contribution in [2.24, 2.45) is 0 Å². The summed E-state index contributed by atoms with van der Waals surface area (Å²) >= 11 is 0. The molecule has 0 saturated heterocycles. The molecule has 21 heavy (non-hydrogen) atoms. The molecule has 2 N–H and O–H groups in total. The van der Waals surface area contributed by atoms with E-state index < -0.39 is 0 Å². The highest BCUT2D eigenvalue weighted by molar-refractivity contribution is 5.83. The van der Waals surface area contributed by atoms with E-state index in [0.717, 1.165) is 18.8 Å². The standard InChI is InChI=1S/C19H27NO/c1-2-3-13-20-14-7-4-8-15-21-19-12-11-17-9-5-6-10-18(17)16-19/h5-6,9-12,16,20H,2-4,7-8,13-15H2,1H3/p+1. The zero-order chi connectivity index (χ0) is 14.8. The highest BCUT2D eigenvalue weighted by Crippen LogP contribution is 2.20. The van der Waals surface area contributed by atoms with Crippen molar-refractivity contribution in [1.29, 1.82) is 0 Å². The topological polar surface area (TPSA) is 25.8 Å². The fourth-order valence-electron chi connectivity index (χ4n) is 2.51. The summed E-state index contributed by atoms with van der Waals surface area (Å²) in [6.07, 6.45) is 6.34. The van der Waals surface area contributed by atoms with Crippen LogP contribution in [-0.2, 0) is 0 Å². The van der Waals surface area contributed by atoms with Crippen molar-refractivity contribution in [3.8, 4) is 5.75 Å². The number of unbranched alkanes of at least 4 members (excludes halogenated alkanes) is 3. The van der Waals surface area contributed by atoms with Gasteiger partial charge in [-0.05, 0) is 48.6 Å². The first-order chi connectivity index (χ1) is 10.4. The van der Waals surface area contributed by atoms with Gasteiger partial charge >= 0.3 is 0 Å². The Morgan fingerprint density at radius 1 is 0.857 bits per heavy atom. The molecule has 0 heterocycles. The molecule has 0 aliphatic heterocycles. The highest BCUT2D eigenvalue weighted by Gasteiger charge is 1.97. The minimum absolute atomic E-state index is 0.827. The van der Waals surface area contributed by atoms with Crippen molar-refractivity contribution in [1.82, 2.24) is 0 Å². The Balaban J connectivity index is 1.59. The summed E-state index contributed by atoms with van der Waals surface area (Å²) in [5, 5.41) is 4.96. The lowest BCUT2D eigenvalue weighted by Crippen LogP contribution is -2.84. The molecule has 0 aliphatic rings. The van der Waals surface area contributed by atoms with Crippen LogP contribution in [0.2, 0.25) is 0 Å². The number of benzene rings is 2. The SMILES string of the molecule is CCCC[NH2+]CCCCCOc1ccc2ccccc2c1. The molecule has 0 spiro atoms. The van der Waals surface area contributed by atoms with Crippen LogP contribution in [0, 0.1) is 0 Å². The van der Waals surface area contributed by atoms with Gasteiger partial charge in [0.05, 0.1) is 19.7 Å². The summed E-state index contributed by atoms with van der Waals surface area (Å²) in [5.74, 6) is 0.989. The molecule has 2 aromatic carbocycles. The lowest BCUT2D eigenvalue weighted by molar-refractivity contribution is -0.655. The fraction of sp³-hybridized carbons (Fsp3) is 0.474. The third-order valence-corrected chi connectivity index (χ3v) is 3.80. The minimum atomic E-state index is 0.827. The van der Waals surface area contributed by atoms with Crippen LogP contribution in [-0.4, -0.2) is 19.7 Å². The van der Waals surface area contributed by atoms with Crippen molar-refractivity contribution in [3.05, 3.63) is 42.5 Å². The molecule has 114 valence electrons. The van der Waals surface area contributed by atoms with Gasteiger partial charge in [0, 0.05) is 0 Å². The van der Waals surface area contributed by atoms with Crippen molar-refractivity contribution in [3.63, 3.8) is 0 Å². The van der Waals surface area contributed by atoms with Crippen LogP contribution in [0.15, 0.2) is 42.5 Å². The average molecular weight is 286 g/mol. The normalized spacial score (nSPS) is 10.9. The van der Waals surface area contributed by atoms with Crippen molar-refractivity contribution < 1.29 is 10.1 Å². The molecule has 0 aromatic heterocycles. The Morgan fingerprint density at radius 3 is 2.52 bits per heavy atom. The molecule has 0 amide bonds. The van der Waals surface area contributed by atoms with E-state index in [2.05, 4.69) is 54.7 Å². The molecule has 2 heteroatoms. The van der Waals surface area contributed by atoms with Gasteiger partial charge < -0.3 is 10.1 Å². The summed E-state index contributed by atoms with van der Waals surface area (Å²) in [5.41, 5.74) is 0. The number of fused-ring (bicyclic) bond motifs is 1. The molecule has 0 atom stereocenters. The van der Waals surface area contributed by atoms with E-state index in [9.17, 15) is 0 Å². The summed E-state index contributed by atoms with van der Waals surface area (Å²) in [4.78, 5) is 0. The van der Waals surface area contributed by atoms with E-state index in [1.54, 1.807) is 0 Å². The second-order valence-corrected chi connectivity index (χ2v) is 5.64. The molecule has 2 aromatic rings. The van der Waals surface area contributed by atoms with Crippen LogP contribution in [0.5, 0.6) is 5.75 Å². The summed E-state index contributed by atoms with van der Waals surface area (Å²) < 4.78 is 5.85. The van der Waals surface area contributed by atoms with Crippen LogP contribution in [0.3, 0.4) is 0 Å². The predicted molar refractivity (Wildman–Crippen MR) is 89.9 cm³/mol. The average Bonchev–Trinajstić information content (AvgIpc) is 2.53. The van der Waals surface area contributed by atoms with E-state index in [1.807, 2.05) is 0 Å². The first-order valence-electron chi connectivity index (χ1n) is 8.33. The van der Waals surface area contributed by atoms with Crippen LogP contribution >= 0.6 is 0 Å². The fourth-order valence-corrected chi connectivity index (χ4v) is 2.51. The summed E-state index contributed by atoms with van der Waals surface area (Å²) in [6.45, 7) is 5.62. The minimum Gasteiger partial charge on any atom is -0.494 e. The molecular formula is C19H28NO+. The van der Waals surface area contributed by atoms with Gasteiger partial charge in [-0.2, -0.15) is 0 Å². The van der Waals surface area contributed by atoms with E-state index in [4.69, 9.17) is 4.74 Å². The highest BCUT2D eigenvalue weighted by atomic mass is 16.5. The number of rotatable bonds is 10.